The van der Waals surface area contributed by atoms with Gasteiger partial charge in [0.15, 0.2) is 0 Å². The van der Waals surface area contributed by atoms with E-state index in [1.807, 2.05) is 60.9 Å². The zero-order valence-corrected chi connectivity index (χ0v) is 12.1. The maximum absolute atomic E-state index is 5.95. The first-order chi connectivity index (χ1) is 11.4. The average Bonchev–Trinajstić information content (AvgIpc) is 2.99. The van der Waals surface area contributed by atoms with Crippen molar-refractivity contribution in [3.8, 4) is 11.3 Å². The molecule has 3 aromatic heterocycles. The minimum Gasteiger partial charge on any atom is -0.456 e. The van der Waals surface area contributed by atoms with Crippen molar-refractivity contribution in [3.05, 3.63) is 67.3 Å². The smallest absolute Gasteiger partial charge is 0.139 e. The second-order valence-electron chi connectivity index (χ2n) is 5.43. The van der Waals surface area contributed by atoms with E-state index in [1.165, 1.54) is 0 Å². The van der Waals surface area contributed by atoms with Crippen LogP contribution in [0.5, 0.6) is 0 Å². The Balaban J connectivity index is 1.81. The summed E-state index contributed by atoms with van der Waals surface area (Å²) < 4.78 is 5.95. The summed E-state index contributed by atoms with van der Waals surface area (Å²) in [5, 5.41) is 3.11. The number of hydrogen-bond acceptors (Lipinski definition) is 4. The number of rotatable bonds is 1. The number of fused-ring (bicyclic) bond motifs is 4. The second-order valence-corrected chi connectivity index (χ2v) is 5.43. The average molecular weight is 297 g/mol. The van der Waals surface area contributed by atoms with E-state index in [0.29, 0.717) is 0 Å². The third kappa shape index (κ3) is 1.82. The standard InChI is InChI=1S/C19H11N3O/c1-2-7-17-13(5-1)15-10-21-16(8-18(15)23-17)14-6-3-4-12-9-20-11-22-19(12)14/h1-11H. The van der Waals surface area contributed by atoms with Crippen LogP contribution in [0.1, 0.15) is 0 Å². The maximum atomic E-state index is 5.95. The first kappa shape index (κ1) is 12.3. The van der Waals surface area contributed by atoms with Gasteiger partial charge in [0.05, 0.1) is 11.2 Å². The predicted octanol–water partition coefficient (Wildman–Crippen LogP) is 4.59. The maximum Gasteiger partial charge on any atom is 0.139 e. The van der Waals surface area contributed by atoms with E-state index >= 15 is 0 Å². The molecule has 0 saturated carbocycles. The Morgan fingerprint density at radius 2 is 1.74 bits per heavy atom. The van der Waals surface area contributed by atoms with Gasteiger partial charge >= 0.3 is 0 Å². The fraction of sp³-hybridized carbons (Fsp3) is 0. The topological polar surface area (TPSA) is 51.8 Å². The van der Waals surface area contributed by atoms with E-state index in [9.17, 15) is 0 Å². The third-order valence-electron chi connectivity index (χ3n) is 4.07. The molecule has 3 heterocycles. The predicted molar refractivity (Wildman–Crippen MR) is 90.0 cm³/mol. The second kappa shape index (κ2) is 4.61. The summed E-state index contributed by atoms with van der Waals surface area (Å²) in [4.78, 5) is 13.1. The Kier molecular flexibility index (Phi) is 2.46. The monoisotopic (exact) mass is 297 g/mol. The fourth-order valence-electron chi connectivity index (χ4n) is 2.99. The van der Waals surface area contributed by atoms with Crippen molar-refractivity contribution in [1.29, 1.82) is 0 Å². The first-order valence-corrected chi connectivity index (χ1v) is 7.36. The van der Waals surface area contributed by atoms with Crippen LogP contribution >= 0.6 is 0 Å². The molecule has 4 nitrogen and oxygen atoms in total. The lowest BCUT2D eigenvalue weighted by Crippen LogP contribution is -1.88. The SMILES string of the molecule is c1cc(-c2cc3oc4ccccc4c3cn2)c2ncncc2c1. The summed E-state index contributed by atoms with van der Waals surface area (Å²) in [6.07, 6.45) is 5.24. The summed E-state index contributed by atoms with van der Waals surface area (Å²) >= 11 is 0. The van der Waals surface area contributed by atoms with Crippen LogP contribution in [0.3, 0.4) is 0 Å². The van der Waals surface area contributed by atoms with Crippen molar-refractivity contribution in [3.63, 3.8) is 0 Å². The van der Waals surface area contributed by atoms with Crippen LogP contribution in [0.4, 0.5) is 0 Å². The summed E-state index contributed by atoms with van der Waals surface area (Å²) in [5.74, 6) is 0. The van der Waals surface area contributed by atoms with Gasteiger partial charge in [-0.2, -0.15) is 0 Å². The van der Waals surface area contributed by atoms with E-state index in [2.05, 4.69) is 15.0 Å². The van der Waals surface area contributed by atoms with Crippen molar-refractivity contribution in [2.45, 2.75) is 0 Å². The molecule has 0 radical (unpaired) electrons. The molecule has 0 bridgehead atoms. The van der Waals surface area contributed by atoms with Crippen LogP contribution in [0, 0.1) is 0 Å². The normalized spacial score (nSPS) is 11.5. The molecule has 0 saturated heterocycles. The fourth-order valence-corrected chi connectivity index (χ4v) is 2.99. The van der Waals surface area contributed by atoms with Crippen LogP contribution in [-0.2, 0) is 0 Å². The highest BCUT2D eigenvalue weighted by atomic mass is 16.3. The number of benzene rings is 2. The Morgan fingerprint density at radius 3 is 2.74 bits per heavy atom. The molecule has 0 atom stereocenters. The van der Waals surface area contributed by atoms with Gasteiger partial charge in [0.1, 0.15) is 17.5 Å². The molecule has 0 amide bonds. The summed E-state index contributed by atoms with van der Waals surface area (Å²) in [6.45, 7) is 0. The molecular weight excluding hydrogens is 286 g/mol. The zero-order chi connectivity index (χ0) is 15.2. The van der Waals surface area contributed by atoms with Gasteiger partial charge in [-0.3, -0.25) is 4.98 Å². The van der Waals surface area contributed by atoms with Crippen LogP contribution in [0.25, 0.3) is 44.1 Å². The summed E-state index contributed by atoms with van der Waals surface area (Å²) in [5.41, 5.74) is 4.43. The molecule has 0 N–H and O–H groups in total. The minimum absolute atomic E-state index is 0.835. The molecule has 0 spiro atoms. The van der Waals surface area contributed by atoms with Gasteiger partial charge in [-0.05, 0) is 6.07 Å². The highest BCUT2D eigenvalue weighted by Crippen LogP contribution is 2.32. The molecule has 23 heavy (non-hydrogen) atoms. The lowest BCUT2D eigenvalue weighted by Gasteiger charge is -2.04. The Hall–Kier alpha value is -3.27. The highest BCUT2D eigenvalue weighted by molar-refractivity contribution is 6.05. The Bertz CT molecular complexity index is 1170. The summed E-state index contributed by atoms with van der Waals surface area (Å²) in [7, 11) is 0. The zero-order valence-electron chi connectivity index (χ0n) is 12.1. The van der Waals surface area contributed by atoms with Gasteiger partial charge in [0, 0.05) is 40.2 Å². The van der Waals surface area contributed by atoms with Gasteiger partial charge in [-0.25, -0.2) is 9.97 Å². The van der Waals surface area contributed by atoms with E-state index in [4.69, 9.17) is 4.42 Å². The quantitative estimate of drug-likeness (QED) is 0.454. The van der Waals surface area contributed by atoms with Crippen molar-refractivity contribution < 1.29 is 4.42 Å². The third-order valence-corrected chi connectivity index (χ3v) is 4.07. The number of furan rings is 1. The Labute approximate surface area is 131 Å². The first-order valence-electron chi connectivity index (χ1n) is 7.36. The number of para-hydroxylation sites is 2. The van der Waals surface area contributed by atoms with E-state index in [1.54, 1.807) is 6.33 Å². The molecule has 5 rings (SSSR count). The molecule has 2 aromatic carbocycles. The van der Waals surface area contributed by atoms with Crippen LogP contribution < -0.4 is 0 Å². The number of pyridine rings is 1. The molecule has 0 fully saturated rings. The van der Waals surface area contributed by atoms with Crippen LogP contribution in [0.15, 0.2) is 71.7 Å². The molecule has 0 aliphatic carbocycles. The van der Waals surface area contributed by atoms with Crippen molar-refractivity contribution >= 4 is 32.8 Å². The largest absolute Gasteiger partial charge is 0.456 e. The van der Waals surface area contributed by atoms with E-state index in [-0.39, 0.29) is 0 Å². The summed E-state index contributed by atoms with van der Waals surface area (Å²) in [6, 6.07) is 16.0. The van der Waals surface area contributed by atoms with Gasteiger partial charge < -0.3 is 4.42 Å². The van der Waals surface area contributed by atoms with Crippen LogP contribution in [-0.4, -0.2) is 15.0 Å². The van der Waals surface area contributed by atoms with Crippen LogP contribution in [0.2, 0.25) is 0 Å². The van der Waals surface area contributed by atoms with Gasteiger partial charge in [-0.1, -0.05) is 36.4 Å². The van der Waals surface area contributed by atoms with Gasteiger partial charge in [0.25, 0.3) is 0 Å². The number of hydrogen-bond donors (Lipinski definition) is 0. The molecule has 0 aliphatic heterocycles. The molecular formula is C19H11N3O. The molecule has 108 valence electrons. The molecule has 5 aromatic rings. The molecule has 0 unspecified atom stereocenters. The van der Waals surface area contributed by atoms with Gasteiger partial charge in [0.2, 0.25) is 0 Å². The minimum atomic E-state index is 0.835. The lowest BCUT2D eigenvalue weighted by molar-refractivity contribution is 0.668. The Morgan fingerprint density at radius 1 is 0.783 bits per heavy atom. The van der Waals surface area contributed by atoms with E-state index < -0.39 is 0 Å². The van der Waals surface area contributed by atoms with Crippen molar-refractivity contribution in [2.24, 2.45) is 0 Å². The van der Waals surface area contributed by atoms with Gasteiger partial charge in [-0.15, -0.1) is 0 Å². The van der Waals surface area contributed by atoms with Crippen molar-refractivity contribution in [2.75, 3.05) is 0 Å². The molecule has 0 aliphatic rings. The van der Waals surface area contributed by atoms with E-state index in [0.717, 1.165) is 44.1 Å². The molecule has 4 heteroatoms. The van der Waals surface area contributed by atoms with Crippen molar-refractivity contribution in [1.82, 2.24) is 15.0 Å². The number of aromatic nitrogens is 3. The highest BCUT2D eigenvalue weighted by Gasteiger charge is 2.11. The lowest BCUT2D eigenvalue weighted by atomic mass is 10.1. The number of nitrogens with zero attached hydrogens (tertiary/aromatic N) is 3.